The molecule has 0 aliphatic carbocycles. The number of carbonyl (C=O) groups is 2. The molecule has 0 aromatic heterocycles. The Balaban J connectivity index is 2.47. The first kappa shape index (κ1) is 7.96. The van der Waals surface area contributed by atoms with Gasteiger partial charge in [-0.05, 0) is 6.42 Å². The first-order valence-corrected chi connectivity index (χ1v) is 3.03. The molecule has 1 saturated heterocycles. The average Bonchev–Trinajstić information content (AvgIpc) is 1.98. The molecule has 1 atom stereocenters. The van der Waals surface area contributed by atoms with E-state index in [0.29, 0.717) is 0 Å². The lowest BCUT2D eigenvalue weighted by atomic mass is 10.2. The van der Waals surface area contributed by atoms with Gasteiger partial charge < -0.3 is 5.73 Å². The molecular weight excluding hydrogens is 154 g/mol. The summed E-state index contributed by atoms with van der Waals surface area (Å²) in [7, 11) is 0. The van der Waals surface area contributed by atoms with Crippen LogP contribution in [0.25, 0.3) is 0 Å². The Hall–Kier alpha value is -1.14. The lowest BCUT2D eigenvalue weighted by Crippen LogP contribution is -2.35. The fourth-order valence-electron chi connectivity index (χ4n) is 0.583. The summed E-state index contributed by atoms with van der Waals surface area (Å²) in [5.74, 6) is -1.34. The lowest BCUT2D eigenvalue weighted by Gasteiger charge is -2.11. The van der Waals surface area contributed by atoms with Crippen LogP contribution in [0.1, 0.15) is 12.8 Å². The van der Waals surface area contributed by atoms with Crippen LogP contribution in [0.5, 0.6) is 0 Å². The van der Waals surface area contributed by atoms with Crippen molar-refractivity contribution < 1.29 is 24.4 Å². The van der Waals surface area contributed by atoms with Gasteiger partial charge in [0.2, 0.25) is 0 Å². The van der Waals surface area contributed by atoms with Gasteiger partial charge >= 0.3 is 11.9 Å². The second kappa shape index (κ2) is 3.31. The van der Waals surface area contributed by atoms with E-state index in [1.165, 1.54) is 0 Å². The summed E-state index contributed by atoms with van der Waals surface area (Å²) in [6.07, 6.45) is 0.261. The van der Waals surface area contributed by atoms with Crippen molar-refractivity contribution in [3.63, 3.8) is 0 Å². The average molecular weight is 161 g/mol. The number of hydrogen-bond donors (Lipinski definition) is 1. The topological polar surface area (TPSA) is 87.9 Å². The van der Waals surface area contributed by atoms with Crippen LogP contribution in [0.4, 0.5) is 0 Å². The molecule has 2 N–H and O–H groups in total. The predicted molar refractivity (Wildman–Crippen MR) is 30.5 cm³/mol. The van der Waals surface area contributed by atoms with Crippen LogP contribution in [0, 0.1) is 0 Å². The highest BCUT2D eigenvalue weighted by atomic mass is 17.5. The third kappa shape index (κ3) is 2.17. The Morgan fingerprint density at radius 2 is 2.09 bits per heavy atom. The molecular formula is C5H7NO5. The maximum atomic E-state index is 10.6. The fourth-order valence-corrected chi connectivity index (χ4v) is 0.583. The molecule has 11 heavy (non-hydrogen) atoms. The van der Waals surface area contributed by atoms with Gasteiger partial charge in [0.15, 0.2) is 0 Å². The minimum atomic E-state index is -0.817. The van der Waals surface area contributed by atoms with Crippen LogP contribution in [0.15, 0.2) is 0 Å². The molecule has 1 aliphatic rings. The van der Waals surface area contributed by atoms with E-state index in [4.69, 9.17) is 5.73 Å². The fraction of sp³-hybridized carbons (Fsp3) is 0.600. The zero-order chi connectivity index (χ0) is 8.27. The summed E-state index contributed by atoms with van der Waals surface area (Å²) in [6.45, 7) is 0. The first-order valence-electron chi connectivity index (χ1n) is 3.03. The predicted octanol–water partition coefficient (Wildman–Crippen LogP) is -0.960. The molecule has 0 aromatic rings. The van der Waals surface area contributed by atoms with Gasteiger partial charge in [0, 0.05) is 5.04 Å². The third-order valence-corrected chi connectivity index (χ3v) is 1.21. The summed E-state index contributed by atoms with van der Waals surface area (Å²) in [4.78, 5) is 29.0. The summed E-state index contributed by atoms with van der Waals surface area (Å²) in [5, 5.41) is 3.79. The number of nitrogens with two attached hydrogens (primary N) is 1. The molecule has 0 amide bonds. The standard InChI is InChI=1S/C5H7NO5/c6-3-1-2-4(7)9-11-10-5(3)8/h3H,1-2,6H2. The number of hydrogen-bond acceptors (Lipinski definition) is 6. The SMILES string of the molecule is NC1CCC(=O)OOOC1=O. The van der Waals surface area contributed by atoms with E-state index >= 15 is 0 Å². The van der Waals surface area contributed by atoms with Gasteiger partial charge in [0.05, 0.1) is 6.42 Å². The van der Waals surface area contributed by atoms with Gasteiger partial charge in [0.1, 0.15) is 6.04 Å². The lowest BCUT2D eigenvalue weighted by molar-refractivity contribution is -0.461. The van der Waals surface area contributed by atoms with E-state index in [-0.39, 0.29) is 12.8 Å². The first-order chi connectivity index (χ1) is 5.20. The second-order valence-electron chi connectivity index (χ2n) is 2.07. The van der Waals surface area contributed by atoms with Gasteiger partial charge in [-0.25, -0.2) is 9.59 Å². The van der Waals surface area contributed by atoms with Gasteiger partial charge in [0.25, 0.3) is 0 Å². The molecule has 6 nitrogen and oxygen atoms in total. The zero-order valence-electron chi connectivity index (χ0n) is 5.61. The van der Waals surface area contributed by atoms with Crippen LogP contribution < -0.4 is 5.73 Å². The van der Waals surface area contributed by atoms with Crippen LogP contribution in [0.3, 0.4) is 0 Å². The summed E-state index contributed by atoms with van der Waals surface area (Å²) < 4.78 is 0. The van der Waals surface area contributed by atoms with E-state index in [1.807, 2.05) is 0 Å². The molecule has 6 heteroatoms. The highest BCUT2D eigenvalue weighted by Gasteiger charge is 2.22. The van der Waals surface area contributed by atoms with Crippen molar-refractivity contribution >= 4 is 11.9 Å². The van der Waals surface area contributed by atoms with Crippen LogP contribution in [-0.2, 0) is 24.4 Å². The quantitative estimate of drug-likeness (QED) is 0.460. The number of rotatable bonds is 0. The van der Waals surface area contributed by atoms with Crippen LogP contribution in [-0.4, -0.2) is 18.0 Å². The van der Waals surface area contributed by atoms with E-state index in [2.05, 4.69) is 14.8 Å². The van der Waals surface area contributed by atoms with Crippen molar-refractivity contribution in [2.24, 2.45) is 5.73 Å². The maximum Gasteiger partial charge on any atom is 0.363 e. The normalized spacial score (nSPS) is 26.5. The largest absolute Gasteiger partial charge is 0.363 e. The highest BCUT2D eigenvalue weighted by molar-refractivity contribution is 5.77. The van der Waals surface area contributed by atoms with Crippen LogP contribution >= 0.6 is 0 Å². The zero-order valence-corrected chi connectivity index (χ0v) is 5.61. The summed E-state index contributed by atoms with van der Waals surface area (Å²) in [6, 6.07) is -0.817. The second-order valence-corrected chi connectivity index (χ2v) is 2.07. The van der Waals surface area contributed by atoms with Gasteiger partial charge in [-0.2, -0.15) is 0 Å². The van der Waals surface area contributed by atoms with Crippen LogP contribution in [0.2, 0.25) is 0 Å². The van der Waals surface area contributed by atoms with Crippen molar-refractivity contribution in [2.45, 2.75) is 18.9 Å². The third-order valence-electron chi connectivity index (χ3n) is 1.21. The molecule has 1 heterocycles. The minimum absolute atomic E-state index is 0.0519. The van der Waals surface area contributed by atoms with Gasteiger partial charge in [-0.1, -0.05) is 0 Å². The number of carbonyl (C=O) groups excluding carboxylic acids is 2. The highest BCUT2D eigenvalue weighted by Crippen LogP contribution is 2.03. The van der Waals surface area contributed by atoms with Gasteiger partial charge in [-0.3, -0.25) is 9.78 Å². The Morgan fingerprint density at radius 3 is 2.82 bits per heavy atom. The van der Waals surface area contributed by atoms with Gasteiger partial charge in [-0.15, -0.1) is 0 Å². The maximum absolute atomic E-state index is 10.6. The molecule has 62 valence electrons. The van der Waals surface area contributed by atoms with E-state index < -0.39 is 18.0 Å². The summed E-state index contributed by atoms with van der Waals surface area (Å²) in [5.41, 5.74) is 5.25. The monoisotopic (exact) mass is 161 g/mol. The molecule has 0 radical (unpaired) electrons. The molecule has 0 saturated carbocycles. The Morgan fingerprint density at radius 1 is 1.36 bits per heavy atom. The van der Waals surface area contributed by atoms with Crippen molar-refractivity contribution in [3.8, 4) is 0 Å². The van der Waals surface area contributed by atoms with Crippen molar-refractivity contribution in [2.75, 3.05) is 0 Å². The van der Waals surface area contributed by atoms with Crippen molar-refractivity contribution in [1.82, 2.24) is 0 Å². The minimum Gasteiger partial charge on any atom is -0.318 e. The van der Waals surface area contributed by atoms with E-state index in [0.717, 1.165) is 0 Å². The molecule has 1 fully saturated rings. The Labute approximate surface area is 62.1 Å². The van der Waals surface area contributed by atoms with Crippen molar-refractivity contribution in [1.29, 1.82) is 0 Å². The van der Waals surface area contributed by atoms with E-state index in [9.17, 15) is 9.59 Å². The van der Waals surface area contributed by atoms with Crippen molar-refractivity contribution in [3.05, 3.63) is 0 Å². The molecule has 0 bridgehead atoms. The van der Waals surface area contributed by atoms with E-state index in [1.54, 1.807) is 0 Å². The molecule has 1 unspecified atom stereocenters. The smallest absolute Gasteiger partial charge is 0.318 e. The Kier molecular flexibility index (Phi) is 2.40. The Bertz CT molecular complexity index is 180. The molecule has 0 spiro atoms. The molecule has 1 aliphatic heterocycles. The summed E-state index contributed by atoms with van der Waals surface area (Å²) >= 11 is 0. The molecule has 1 rings (SSSR count). The molecule has 0 aromatic carbocycles.